The van der Waals surface area contributed by atoms with Crippen LogP contribution in [0.5, 0.6) is 0 Å². The van der Waals surface area contributed by atoms with E-state index >= 15 is 0 Å². The van der Waals surface area contributed by atoms with Crippen LogP contribution in [-0.4, -0.2) is 51.4 Å². The molecule has 4 N–H and O–H groups in total. The fourth-order valence-corrected chi connectivity index (χ4v) is 4.38. The highest BCUT2D eigenvalue weighted by Gasteiger charge is 2.17. The van der Waals surface area contributed by atoms with Crippen molar-refractivity contribution in [1.82, 2.24) is 40.1 Å². The molecule has 1 atom stereocenters. The van der Waals surface area contributed by atoms with Gasteiger partial charge >= 0.3 is 0 Å². The maximum Gasteiger partial charge on any atom is 0.181 e. The number of pyridine rings is 4. The zero-order chi connectivity index (χ0) is 25.4. The summed E-state index contributed by atoms with van der Waals surface area (Å²) < 4.78 is 0. The van der Waals surface area contributed by atoms with E-state index in [0.717, 1.165) is 39.0 Å². The summed E-state index contributed by atoms with van der Waals surface area (Å²) in [5, 5.41) is 21.7. The first kappa shape index (κ1) is 22.7. The summed E-state index contributed by atoms with van der Waals surface area (Å²) in [7, 11) is 0. The van der Waals surface area contributed by atoms with Gasteiger partial charge in [-0.15, -0.1) is 0 Å². The van der Waals surface area contributed by atoms with Crippen LogP contribution >= 0.6 is 0 Å². The molecule has 0 bridgehead atoms. The lowest BCUT2D eigenvalue weighted by Gasteiger charge is -2.16. The summed E-state index contributed by atoms with van der Waals surface area (Å²) >= 11 is 0. The third kappa shape index (κ3) is 4.50. The van der Waals surface area contributed by atoms with Crippen LogP contribution in [0.3, 0.4) is 0 Å². The van der Waals surface area contributed by atoms with Crippen molar-refractivity contribution in [2.75, 3.05) is 5.32 Å². The molecular formula is C27H25N9O. The number of aromatic nitrogens is 8. The monoisotopic (exact) mass is 491 g/mol. The first-order chi connectivity index (χ1) is 18.0. The van der Waals surface area contributed by atoms with Gasteiger partial charge in [0.25, 0.3) is 0 Å². The zero-order valence-electron chi connectivity index (χ0n) is 20.3. The van der Waals surface area contributed by atoms with Crippen molar-refractivity contribution in [2.45, 2.75) is 26.5 Å². The molecule has 0 aliphatic heterocycles. The van der Waals surface area contributed by atoms with E-state index in [1.807, 2.05) is 36.4 Å². The number of nitrogens with one attached hydrogen (secondary N) is 3. The average Bonchev–Trinajstić information content (AvgIpc) is 3.52. The Kier molecular flexibility index (Phi) is 5.78. The van der Waals surface area contributed by atoms with Crippen LogP contribution in [-0.2, 0) is 0 Å². The molecule has 0 amide bonds. The predicted molar refractivity (Wildman–Crippen MR) is 142 cm³/mol. The van der Waals surface area contributed by atoms with Crippen LogP contribution in [0.1, 0.15) is 20.3 Å². The van der Waals surface area contributed by atoms with Crippen LogP contribution in [0.25, 0.3) is 56.1 Å². The summed E-state index contributed by atoms with van der Waals surface area (Å²) in [6, 6.07) is 11.7. The minimum Gasteiger partial charge on any atom is -0.374 e. The summed E-state index contributed by atoms with van der Waals surface area (Å²) in [5.74, 6) is 0.982. The minimum atomic E-state index is -0.643. The fraction of sp³-hybridized carbons (Fsp3) is 0.185. The van der Waals surface area contributed by atoms with Gasteiger partial charge in [-0.25, -0.2) is 15.0 Å². The smallest absolute Gasteiger partial charge is 0.181 e. The maximum absolute atomic E-state index is 10.3. The molecule has 37 heavy (non-hydrogen) atoms. The second kappa shape index (κ2) is 9.40. The minimum absolute atomic E-state index is 0.373. The molecule has 6 aromatic rings. The molecule has 0 aliphatic carbocycles. The molecule has 0 saturated heterocycles. The Hall–Kier alpha value is -4.70. The number of imidazole rings is 1. The lowest BCUT2D eigenvalue weighted by atomic mass is 10.1. The van der Waals surface area contributed by atoms with Gasteiger partial charge in [0.2, 0.25) is 0 Å². The normalized spacial score (nSPS) is 12.4. The Morgan fingerprint density at radius 3 is 2.68 bits per heavy atom. The molecule has 0 radical (unpaired) electrons. The first-order valence-electron chi connectivity index (χ1n) is 12.1. The third-order valence-electron chi connectivity index (χ3n) is 6.08. The van der Waals surface area contributed by atoms with Crippen LogP contribution in [0.15, 0.2) is 67.4 Å². The molecule has 0 spiro atoms. The molecule has 0 saturated carbocycles. The van der Waals surface area contributed by atoms with Gasteiger partial charge in [0, 0.05) is 41.5 Å². The maximum atomic E-state index is 10.3. The van der Waals surface area contributed by atoms with Crippen molar-refractivity contribution < 1.29 is 5.11 Å². The van der Waals surface area contributed by atoms with E-state index in [9.17, 15) is 5.11 Å². The standard InChI is InChI=1S/C27H25N9O/c1-15(2)9-22(37)32-18-10-16(12-28-14-18)17-11-20-24(35-36-25(20)31-13-17)27-33-23-19(6-8-30-26(23)34-27)21-5-3-4-7-29-21/h3-8,10-15,22,32,37H,9H2,1-2H3,(H,30,33,34)(H,31,35,36). The molecule has 6 aromatic heterocycles. The van der Waals surface area contributed by atoms with Gasteiger partial charge in [0.05, 0.1) is 28.5 Å². The number of nitrogens with zero attached hydrogens (tertiary/aromatic N) is 6. The number of hydrogen-bond acceptors (Lipinski definition) is 8. The van der Waals surface area contributed by atoms with E-state index in [1.54, 1.807) is 31.0 Å². The summed E-state index contributed by atoms with van der Waals surface area (Å²) in [5.41, 5.74) is 6.91. The first-order valence-corrected chi connectivity index (χ1v) is 12.1. The molecule has 0 aliphatic rings. The van der Waals surface area contributed by atoms with E-state index in [2.05, 4.69) is 54.3 Å². The molecular weight excluding hydrogens is 466 g/mol. The Morgan fingerprint density at radius 2 is 1.84 bits per heavy atom. The lowest BCUT2D eigenvalue weighted by molar-refractivity contribution is 0.176. The Balaban J connectivity index is 1.38. The highest BCUT2D eigenvalue weighted by molar-refractivity contribution is 5.95. The van der Waals surface area contributed by atoms with Crippen molar-refractivity contribution in [3.8, 4) is 33.9 Å². The third-order valence-corrected chi connectivity index (χ3v) is 6.08. The number of hydrogen-bond donors (Lipinski definition) is 4. The molecule has 6 rings (SSSR count). The summed E-state index contributed by atoms with van der Waals surface area (Å²) in [6.07, 6.45) is 8.72. The molecule has 0 aromatic carbocycles. The second-order valence-corrected chi connectivity index (χ2v) is 9.30. The van der Waals surface area contributed by atoms with Gasteiger partial charge in [0.1, 0.15) is 11.9 Å². The number of anilines is 1. The largest absolute Gasteiger partial charge is 0.374 e. The van der Waals surface area contributed by atoms with Crippen molar-refractivity contribution >= 4 is 27.9 Å². The van der Waals surface area contributed by atoms with Gasteiger partial charge in [-0.1, -0.05) is 19.9 Å². The number of rotatable bonds is 7. The Morgan fingerprint density at radius 1 is 0.946 bits per heavy atom. The topological polar surface area (TPSA) is 141 Å². The number of aromatic amines is 2. The molecule has 1 unspecified atom stereocenters. The quantitative estimate of drug-likeness (QED) is 0.233. The molecule has 10 heteroatoms. The van der Waals surface area contributed by atoms with E-state index in [-0.39, 0.29) is 0 Å². The van der Waals surface area contributed by atoms with Gasteiger partial charge < -0.3 is 15.4 Å². The predicted octanol–water partition coefficient (Wildman–Crippen LogP) is 4.80. The Labute approximate surface area is 212 Å². The van der Waals surface area contributed by atoms with Crippen LogP contribution < -0.4 is 5.32 Å². The average molecular weight is 492 g/mol. The highest BCUT2D eigenvalue weighted by Crippen LogP contribution is 2.31. The molecule has 184 valence electrons. The molecule has 10 nitrogen and oxygen atoms in total. The fourth-order valence-electron chi connectivity index (χ4n) is 4.38. The number of H-pyrrole nitrogens is 2. The molecule has 6 heterocycles. The van der Waals surface area contributed by atoms with Crippen LogP contribution in [0.2, 0.25) is 0 Å². The van der Waals surface area contributed by atoms with Gasteiger partial charge in [-0.05, 0) is 42.7 Å². The van der Waals surface area contributed by atoms with Crippen molar-refractivity contribution in [3.05, 3.63) is 67.4 Å². The van der Waals surface area contributed by atoms with Crippen molar-refractivity contribution in [3.63, 3.8) is 0 Å². The van der Waals surface area contributed by atoms with Gasteiger partial charge in [-0.2, -0.15) is 5.10 Å². The van der Waals surface area contributed by atoms with Crippen LogP contribution in [0.4, 0.5) is 5.69 Å². The summed E-state index contributed by atoms with van der Waals surface area (Å²) in [4.78, 5) is 25.9. The zero-order valence-corrected chi connectivity index (χ0v) is 20.3. The second-order valence-electron chi connectivity index (χ2n) is 9.30. The lowest BCUT2D eigenvalue weighted by Crippen LogP contribution is -2.20. The highest BCUT2D eigenvalue weighted by atomic mass is 16.3. The number of aliphatic hydroxyl groups is 1. The van der Waals surface area contributed by atoms with Crippen molar-refractivity contribution in [2.24, 2.45) is 5.92 Å². The number of fused-ring (bicyclic) bond motifs is 2. The summed E-state index contributed by atoms with van der Waals surface area (Å²) in [6.45, 7) is 4.14. The van der Waals surface area contributed by atoms with E-state index in [1.165, 1.54) is 0 Å². The van der Waals surface area contributed by atoms with E-state index in [0.29, 0.717) is 35.2 Å². The SMILES string of the molecule is CC(C)CC(O)Nc1cncc(-c2cnc3n[nH]c(-c4nc5nccc(-c6ccccn6)c5[nH]4)c3c2)c1. The van der Waals surface area contributed by atoms with E-state index in [4.69, 9.17) is 4.98 Å². The van der Waals surface area contributed by atoms with Crippen molar-refractivity contribution in [1.29, 1.82) is 0 Å². The number of aliphatic hydroxyl groups excluding tert-OH is 1. The Bertz CT molecular complexity index is 1690. The van der Waals surface area contributed by atoms with E-state index < -0.39 is 6.23 Å². The van der Waals surface area contributed by atoms with Gasteiger partial charge in [-0.3, -0.25) is 15.1 Å². The molecule has 0 fully saturated rings. The van der Waals surface area contributed by atoms with Crippen LogP contribution in [0, 0.1) is 5.92 Å². The van der Waals surface area contributed by atoms with Gasteiger partial charge in [0.15, 0.2) is 17.1 Å².